The topological polar surface area (TPSA) is 57.4 Å². The van der Waals surface area contributed by atoms with Gasteiger partial charge in [0.25, 0.3) is 0 Å². The second-order valence-electron chi connectivity index (χ2n) is 5.90. The number of amides is 2. The zero-order valence-corrected chi connectivity index (χ0v) is 13.8. The highest BCUT2D eigenvalue weighted by Crippen LogP contribution is 2.29. The van der Waals surface area contributed by atoms with Crippen molar-refractivity contribution in [2.24, 2.45) is 0 Å². The number of urea groups is 1. The minimum atomic E-state index is -0.246. The normalized spacial score (nSPS) is 14.8. The lowest BCUT2D eigenvalue weighted by molar-refractivity contribution is 0.187. The highest BCUT2D eigenvalue weighted by Gasteiger charge is 2.19. The molecule has 2 heterocycles. The van der Waals surface area contributed by atoms with E-state index in [0.717, 1.165) is 29.3 Å². The van der Waals surface area contributed by atoms with Gasteiger partial charge < -0.3 is 19.9 Å². The minimum Gasteiger partial charge on any atom is -0.385 e. The fraction of sp³-hybridized carbons (Fsp3) is 0.389. The Hall–Kier alpha value is -2.34. The number of hydrogen-bond donors (Lipinski definition) is 2. The molecular formula is C18H22FN3O2. The summed E-state index contributed by atoms with van der Waals surface area (Å²) in [4.78, 5) is 17.0. The molecule has 1 aromatic carbocycles. The number of aromatic nitrogens is 1. The number of ether oxygens (including phenoxy) is 1. The zero-order chi connectivity index (χ0) is 16.9. The number of carbonyl (C=O) groups is 1. The minimum absolute atomic E-state index is 0.0394. The van der Waals surface area contributed by atoms with Crippen LogP contribution in [0.25, 0.3) is 16.5 Å². The van der Waals surface area contributed by atoms with Crippen LogP contribution in [0.5, 0.6) is 0 Å². The van der Waals surface area contributed by atoms with Crippen LogP contribution in [-0.4, -0.2) is 49.3 Å². The van der Waals surface area contributed by atoms with Crippen LogP contribution in [-0.2, 0) is 4.74 Å². The fourth-order valence-electron chi connectivity index (χ4n) is 2.99. The molecule has 1 aliphatic rings. The van der Waals surface area contributed by atoms with Gasteiger partial charge in [0, 0.05) is 56.0 Å². The number of nitrogens with zero attached hydrogens (tertiary/aromatic N) is 1. The standard InChI is InChI=1S/C18H22FN3O2/c1-24-10-2-7-20-18(23)22-8-5-13(6-9-22)16-12-21-17-11-14(19)3-4-15(16)17/h3-5,11-12,21H,2,6-10H2,1H3,(H,20,23). The Kier molecular flexibility index (Phi) is 5.15. The van der Waals surface area contributed by atoms with Gasteiger partial charge in [0.1, 0.15) is 5.82 Å². The fourth-order valence-corrected chi connectivity index (χ4v) is 2.99. The van der Waals surface area contributed by atoms with Crippen LogP contribution in [0.2, 0.25) is 0 Å². The summed E-state index contributed by atoms with van der Waals surface area (Å²) in [7, 11) is 1.65. The molecule has 6 heteroatoms. The van der Waals surface area contributed by atoms with Crippen LogP contribution in [0, 0.1) is 5.82 Å². The molecule has 2 N–H and O–H groups in total. The molecule has 0 atom stereocenters. The Labute approximate surface area is 140 Å². The first kappa shape index (κ1) is 16.5. The smallest absolute Gasteiger partial charge is 0.317 e. The summed E-state index contributed by atoms with van der Waals surface area (Å²) in [5.74, 6) is -0.246. The van der Waals surface area contributed by atoms with Crippen molar-refractivity contribution in [1.82, 2.24) is 15.2 Å². The van der Waals surface area contributed by atoms with E-state index < -0.39 is 0 Å². The Balaban J connectivity index is 1.63. The van der Waals surface area contributed by atoms with E-state index in [9.17, 15) is 9.18 Å². The number of fused-ring (bicyclic) bond motifs is 1. The summed E-state index contributed by atoms with van der Waals surface area (Å²) in [6.45, 7) is 2.52. The molecule has 3 rings (SSSR count). The molecular weight excluding hydrogens is 309 g/mol. The molecule has 1 aliphatic heterocycles. The molecule has 0 spiro atoms. The van der Waals surface area contributed by atoms with E-state index in [4.69, 9.17) is 4.74 Å². The Morgan fingerprint density at radius 3 is 3.08 bits per heavy atom. The maximum atomic E-state index is 13.3. The van der Waals surface area contributed by atoms with Crippen LogP contribution in [0.1, 0.15) is 18.4 Å². The molecule has 0 saturated carbocycles. The van der Waals surface area contributed by atoms with Crippen molar-refractivity contribution in [3.8, 4) is 0 Å². The van der Waals surface area contributed by atoms with Gasteiger partial charge in [0.15, 0.2) is 0 Å². The number of methoxy groups -OCH3 is 1. The monoisotopic (exact) mass is 331 g/mol. The summed E-state index contributed by atoms with van der Waals surface area (Å²) in [5, 5.41) is 3.92. The molecule has 0 fully saturated rings. The maximum Gasteiger partial charge on any atom is 0.317 e. The number of benzene rings is 1. The van der Waals surface area contributed by atoms with Gasteiger partial charge in [0.05, 0.1) is 0 Å². The molecule has 0 aliphatic carbocycles. The van der Waals surface area contributed by atoms with Gasteiger partial charge in [0.2, 0.25) is 0 Å². The number of rotatable bonds is 5. The highest BCUT2D eigenvalue weighted by molar-refractivity contribution is 5.93. The van der Waals surface area contributed by atoms with Crippen LogP contribution in [0.4, 0.5) is 9.18 Å². The third-order valence-electron chi connectivity index (χ3n) is 4.29. The molecule has 128 valence electrons. The Bertz CT molecular complexity index is 754. The van der Waals surface area contributed by atoms with Gasteiger partial charge in [-0.2, -0.15) is 0 Å². The van der Waals surface area contributed by atoms with Crippen molar-refractivity contribution >= 4 is 22.5 Å². The maximum absolute atomic E-state index is 13.3. The molecule has 2 amide bonds. The molecule has 0 bridgehead atoms. The van der Waals surface area contributed by atoms with Crippen molar-refractivity contribution in [2.45, 2.75) is 12.8 Å². The lowest BCUT2D eigenvalue weighted by Crippen LogP contribution is -2.42. The third kappa shape index (κ3) is 3.59. The molecule has 24 heavy (non-hydrogen) atoms. The second-order valence-corrected chi connectivity index (χ2v) is 5.90. The quantitative estimate of drug-likeness (QED) is 0.827. The number of carbonyl (C=O) groups excluding carboxylic acids is 1. The number of hydrogen-bond acceptors (Lipinski definition) is 2. The largest absolute Gasteiger partial charge is 0.385 e. The molecule has 0 radical (unpaired) electrons. The summed E-state index contributed by atoms with van der Waals surface area (Å²) >= 11 is 0. The molecule has 5 nitrogen and oxygen atoms in total. The van der Waals surface area contributed by atoms with Crippen LogP contribution in [0.3, 0.4) is 0 Å². The summed E-state index contributed by atoms with van der Waals surface area (Å²) in [6.07, 6.45) is 5.58. The number of aromatic amines is 1. The van der Waals surface area contributed by atoms with E-state index in [1.165, 1.54) is 17.7 Å². The van der Waals surface area contributed by atoms with Crippen molar-refractivity contribution in [1.29, 1.82) is 0 Å². The molecule has 0 saturated heterocycles. The van der Waals surface area contributed by atoms with Crippen LogP contribution >= 0.6 is 0 Å². The predicted molar refractivity (Wildman–Crippen MR) is 92.3 cm³/mol. The van der Waals surface area contributed by atoms with Crippen molar-refractivity contribution in [3.63, 3.8) is 0 Å². The van der Waals surface area contributed by atoms with Gasteiger partial charge in [-0.1, -0.05) is 6.08 Å². The first-order valence-corrected chi connectivity index (χ1v) is 8.17. The average Bonchev–Trinajstić information content (AvgIpc) is 3.01. The SMILES string of the molecule is COCCCNC(=O)N1CC=C(c2c[nH]c3cc(F)ccc23)CC1. The van der Waals surface area contributed by atoms with E-state index in [1.54, 1.807) is 18.1 Å². The second kappa shape index (κ2) is 7.49. The summed E-state index contributed by atoms with van der Waals surface area (Å²) in [6, 6.07) is 4.74. The van der Waals surface area contributed by atoms with Crippen LogP contribution < -0.4 is 5.32 Å². The van der Waals surface area contributed by atoms with Gasteiger partial charge in [-0.25, -0.2) is 9.18 Å². The van der Waals surface area contributed by atoms with Crippen molar-refractivity contribution in [2.75, 3.05) is 33.4 Å². The first-order valence-electron chi connectivity index (χ1n) is 8.17. The third-order valence-corrected chi connectivity index (χ3v) is 4.29. The molecule has 1 aromatic heterocycles. The number of halogens is 1. The molecule has 0 unspecified atom stereocenters. The van der Waals surface area contributed by atoms with Crippen molar-refractivity contribution in [3.05, 3.63) is 41.9 Å². The Morgan fingerprint density at radius 1 is 1.46 bits per heavy atom. The lowest BCUT2D eigenvalue weighted by atomic mass is 9.99. The predicted octanol–water partition coefficient (Wildman–Crippen LogP) is 3.14. The van der Waals surface area contributed by atoms with Crippen LogP contribution in [0.15, 0.2) is 30.5 Å². The van der Waals surface area contributed by atoms with E-state index in [-0.39, 0.29) is 11.8 Å². The molecule has 2 aromatic rings. The highest BCUT2D eigenvalue weighted by atomic mass is 19.1. The summed E-state index contributed by atoms with van der Waals surface area (Å²) in [5.41, 5.74) is 3.07. The lowest BCUT2D eigenvalue weighted by Gasteiger charge is -2.26. The van der Waals surface area contributed by atoms with E-state index >= 15 is 0 Å². The summed E-state index contributed by atoms with van der Waals surface area (Å²) < 4.78 is 18.3. The zero-order valence-electron chi connectivity index (χ0n) is 13.8. The van der Waals surface area contributed by atoms with Gasteiger partial charge in [-0.05, 0) is 36.6 Å². The first-order chi connectivity index (χ1) is 11.7. The van der Waals surface area contributed by atoms with Crippen molar-refractivity contribution < 1.29 is 13.9 Å². The van der Waals surface area contributed by atoms with Gasteiger partial charge in [-0.15, -0.1) is 0 Å². The van der Waals surface area contributed by atoms with Gasteiger partial charge in [-0.3, -0.25) is 0 Å². The average molecular weight is 331 g/mol. The number of H-pyrrole nitrogens is 1. The Morgan fingerprint density at radius 2 is 2.33 bits per heavy atom. The van der Waals surface area contributed by atoms with E-state index in [0.29, 0.717) is 26.2 Å². The van der Waals surface area contributed by atoms with Gasteiger partial charge >= 0.3 is 6.03 Å². The number of nitrogens with one attached hydrogen (secondary N) is 2. The van der Waals surface area contributed by atoms with E-state index in [2.05, 4.69) is 16.4 Å². The van der Waals surface area contributed by atoms with E-state index in [1.807, 2.05) is 6.20 Å².